The van der Waals surface area contributed by atoms with Crippen LogP contribution in [-0.2, 0) is 13.1 Å². The third-order valence-corrected chi connectivity index (χ3v) is 3.67. The Kier molecular flexibility index (Phi) is 4.10. The lowest BCUT2D eigenvalue weighted by atomic mass is 10.2. The minimum atomic E-state index is -0.648. The lowest BCUT2D eigenvalue weighted by Gasteiger charge is -1.99. The molecule has 23 heavy (non-hydrogen) atoms. The average Bonchev–Trinajstić information content (AvgIpc) is 2.85. The zero-order valence-electron chi connectivity index (χ0n) is 12.6. The molecule has 1 amide bonds. The van der Waals surface area contributed by atoms with Gasteiger partial charge in [0.1, 0.15) is 13.1 Å². The van der Waals surface area contributed by atoms with Gasteiger partial charge in [-0.15, -0.1) is 0 Å². The second-order valence-electron chi connectivity index (χ2n) is 5.38. The normalized spacial score (nSPS) is 10.6. The van der Waals surface area contributed by atoms with Crippen LogP contribution in [0, 0.1) is 0 Å². The van der Waals surface area contributed by atoms with Crippen LogP contribution in [0.15, 0.2) is 67.0 Å². The van der Waals surface area contributed by atoms with Crippen molar-refractivity contribution in [3.8, 4) is 5.88 Å². The summed E-state index contributed by atoms with van der Waals surface area (Å²) in [5.41, 5.74) is 7.61. The highest BCUT2D eigenvalue weighted by atomic mass is 16.3. The maximum absolute atomic E-state index is 11.7. The minimum absolute atomic E-state index is 0.114. The van der Waals surface area contributed by atoms with Crippen molar-refractivity contribution in [1.29, 1.82) is 0 Å². The van der Waals surface area contributed by atoms with Crippen LogP contribution < -0.4 is 10.3 Å². The number of hydrogen-bond donors (Lipinski definition) is 2. The summed E-state index contributed by atoms with van der Waals surface area (Å²) in [5, 5.41) is 10.4. The second-order valence-corrected chi connectivity index (χ2v) is 5.38. The molecule has 0 aliphatic rings. The Morgan fingerprint density at radius 3 is 2.13 bits per heavy atom. The fourth-order valence-corrected chi connectivity index (χ4v) is 2.59. The summed E-state index contributed by atoms with van der Waals surface area (Å²) in [5.74, 6) is -0.762. The lowest BCUT2D eigenvalue weighted by molar-refractivity contribution is -0.693. The first-order chi connectivity index (χ1) is 11.1. The lowest BCUT2D eigenvalue weighted by Crippen LogP contribution is -2.32. The maximum Gasteiger partial charge on any atom is 0.336 e. The van der Waals surface area contributed by atoms with Gasteiger partial charge in [-0.1, -0.05) is 60.7 Å². The van der Waals surface area contributed by atoms with Gasteiger partial charge in [0.15, 0.2) is 0 Å². The second kappa shape index (κ2) is 6.36. The first-order valence-electron chi connectivity index (χ1n) is 7.34. The number of nitrogens with two attached hydrogens (primary N) is 1. The highest BCUT2D eigenvalue weighted by molar-refractivity contribution is 5.92. The summed E-state index contributed by atoms with van der Waals surface area (Å²) in [6.45, 7) is 0.934. The van der Waals surface area contributed by atoms with Crippen molar-refractivity contribution in [3.05, 3.63) is 83.8 Å². The summed E-state index contributed by atoms with van der Waals surface area (Å²) in [6.07, 6.45) is 1.72. The Morgan fingerprint density at radius 2 is 1.57 bits per heavy atom. The van der Waals surface area contributed by atoms with E-state index in [-0.39, 0.29) is 11.6 Å². The van der Waals surface area contributed by atoms with E-state index in [0.29, 0.717) is 13.1 Å². The summed E-state index contributed by atoms with van der Waals surface area (Å²) < 4.78 is 3.30. The topological polar surface area (TPSA) is 72.1 Å². The summed E-state index contributed by atoms with van der Waals surface area (Å²) in [4.78, 5) is 11.7. The Balaban J connectivity index is 1.96. The molecule has 2 aromatic carbocycles. The van der Waals surface area contributed by atoms with Gasteiger partial charge < -0.3 is 10.8 Å². The molecule has 0 radical (unpaired) electrons. The summed E-state index contributed by atoms with van der Waals surface area (Å²) in [7, 11) is 0. The predicted octanol–water partition coefficient (Wildman–Crippen LogP) is 1.68. The molecule has 116 valence electrons. The van der Waals surface area contributed by atoms with Crippen molar-refractivity contribution < 1.29 is 14.5 Å². The molecule has 0 bridgehead atoms. The van der Waals surface area contributed by atoms with Crippen molar-refractivity contribution >= 4 is 5.91 Å². The van der Waals surface area contributed by atoms with E-state index in [1.54, 1.807) is 15.5 Å². The van der Waals surface area contributed by atoms with Crippen LogP contribution in [0.5, 0.6) is 5.88 Å². The molecule has 5 nitrogen and oxygen atoms in total. The van der Waals surface area contributed by atoms with Gasteiger partial charge in [0.2, 0.25) is 6.33 Å². The molecular formula is C18H18N3O2+. The van der Waals surface area contributed by atoms with E-state index in [4.69, 9.17) is 5.73 Å². The number of nitrogens with zero attached hydrogens (tertiary/aromatic N) is 2. The minimum Gasteiger partial charge on any atom is -0.475 e. The number of benzene rings is 2. The number of imidazole rings is 1. The van der Waals surface area contributed by atoms with Crippen molar-refractivity contribution in [2.75, 3.05) is 0 Å². The van der Waals surface area contributed by atoms with Crippen LogP contribution in [0.25, 0.3) is 0 Å². The van der Waals surface area contributed by atoms with Crippen LogP contribution in [-0.4, -0.2) is 15.6 Å². The van der Waals surface area contributed by atoms with E-state index in [9.17, 15) is 9.90 Å². The standard InChI is InChI=1S/C18H17N3O2/c19-17(22)16-18(23)21(12-15-9-5-2-6-10-15)13-20(16)11-14-7-3-1-4-8-14/h1-10,13H,11-12H2,(H2-,19,22,23)/p+1. The SMILES string of the molecule is NC(=O)c1c(O)[n+](Cc2ccccc2)cn1Cc1ccccc1. The van der Waals surface area contributed by atoms with Crippen LogP contribution >= 0.6 is 0 Å². The van der Waals surface area contributed by atoms with Gasteiger partial charge in [-0.2, -0.15) is 4.57 Å². The van der Waals surface area contributed by atoms with Crippen LogP contribution in [0.4, 0.5) is 0 Å². The molecule has 1 heterocycles. The van der Waals surface area contributed by atoms with E-state index in [0.717, 1.165) is 11.1 Å². The van der Waals surface area contributed by atoms with E-state index >= 15 is 0 Å². The van der Waals surface area contributed by atoms with Crippen molar-refractivity contribution in [2.45, 2.75) is 13.1 Å². The summed E-state index contributed by atoms with van der Waals surface area (Å²) in [6, 6.07) is 19.4. The van der Waals surface area contributed by atoms with Gasteiger partial charge in [0.05, 0.1) is 0 Å². The van der Waals surface area contributed by atoms with E-state index < -0.39 is 5.91 Å². The molecule has 5 heteroatoms. The van der Waals surface area contributed by atoms with Gasteiger partial charge in [0, 0.05) is 0 Å². The number of carbonyl (C=O) groups excluding carboxylic acids is 1. The molecule has 0 aliphatic carbocycles. The highest BCUT2D eigenvalue weighted by Crippen LogP contribution is 2.15. The Hall–Kier alpha value is -3.08. The van der Waals surface area contributed by atoms with Crippen molar-refractivity contribution in [2.24, 2.45) is 5.73 Å². The Bertz CT molecular complexity index is 811. The van der Waals surface area contributed by atoms with E-state index in [1.165, 1.54) is 0 Å². The molecule has 3 N–H and O–H groups in total. The van der Waals surface area contributed by atoms with Crippen LogP contribution in [0.2, 0.25) is 0 Å². The van der Waals surface area contributed by atoms with Crippen LogP contribution in [0.3, 0.4) is 0 Å². The molecule has 3 rings (SSSR count). The molecule has 0 aliphatic heterocycles. The quantitative estimate of drug-likeness (QED) is 0.704. The molecule has 0 spiro atoms. The van der Waals surface area contributed by atoms with Gasteiger partial charge >= 0.3 is 5.88 Å². The number of aromatic nitrogens is 2. The molecule has 0 saturated carbocycles. The fourth-order valence-electron chi connectivity index (χ4n) is 2.59. The van der Waals surface area contributed by atoms with Gasteiger partial charge in [-0.25, -0.2) is 4.57 Å². The number of hydrogen-bond acceptors (Lipinski definition) is 2. The highest BCUT2D eigenvalue weighted by Gasteiger charge is 2.27. The predicted molar refractivity (Wildman–Crippen MR) is 85.9 cm³/mol. The molecule has 3 aromatic rings. The molecule has 0 unspecified atom stereocenters. The fraction of sp³-hybridized carbons (Fsp3) is 0.111. The number of aromatic hydroxyl groups is 1. The Morgan fingerprint density at radius 1 is 1.00 bits per heavy atom. The largest absolute Gasteiger partial charge is 0.475 e. The number of amides is 1. The Labute approximate surface area is 134 Å². The molecule has 1 aromatic heterocycles. The number of primary amides is 1. The first kappa shape index (κ1) is 14.8. The molecule has 0 atom stereocenters. The van der Waals surface area contributed by atoms with Gasteiger partial charge in [-0.05, 0) is 11.1 Å². The molecular weight excluding hydrogens is 290 g/mol. The zero-order valence-corrected chi connectivity index (χ0v) is 12.6. The average molecular weight is 308 g/mol. The van der Waals surface area contributed by atoms with Gasteiger partial charge in [0.25, 0.3) is 11.6 Å². The maximum atomic E-state index is 11.7. The third kappa shape index (κ3) is 3.23. The molecule has 0 saturated heterocycles. The van der Waals surface area contributed by atoms with E-state index in [1.807, 2.05) is 60.7 Å². The first-order valence-corrected chi connectivity index (χ1v) is 7.34. The number of carbonyl (C=O) groups is 1. The van der Waals surface area contributed by atoms with Crippen LogP contribution in [0.1, 0.15) is 21.6 Å². The molecule has 0 fully saturated rings. The smallest absolute Gasteiger partial charge is 0.336 e. The summed E-state index contributed by atoms with van der Waals surface area (Å²) >= 11 is 0. The number of rotatable bonds is 5. The third-order valence-electron chi connectivity index (χ3n) is 3.67. The van der Waals surface area contributed by atoms with E-state index in [2.05, 4.69) is 0 Å². The van der Waals surface area contributed by atoms with Gasteiger partial charge in [-0.3, -0.25) is 4.79 Å². The van der Waals surface area contributed by atoms with Crippen molar-refractivity contribution in [1.82, 2.24) is 4.57 Å². The zero-order chi connectivity index (χ0) is 16.2. The monoisotopic (exact) mass is 308 g/mol. The van der Waals surface area contributed by atoms with Crippen molar-refractivity contribution in [3.63, 3.8) is 0 Å².